The molecule has 2 aromatic heterocycles. The van der Waals surface area contributed by atoms with Gasteiger partial charge in [0.25, 0.3) is 0 Å². The van der Waals surface area contributed by atoms with E-state index in [4.69, 9.17) is 0 Å². The zero-order chi connectivity index (χ0) is 18.8. The van der Waals surface area contributed by atoms with Crippen molar-refractivity contribution in [2.45, 2.75) is 20.8 Å². The molecule has 0 unspecified atom stereocenters. The van der Waals surface area contributed by atoms with Gasteiger partial charge in [0.2, 0.25) is 0 Å². The average molecular weight is 356 g/mol. The van der Waals surface area contributed by atoms with E-state index < -0.39 is 0 Å². The highest BCUT2D eigenvalue weighted by Crippen LogP contribution is 2.36. The monoisotopic (exact) mass is 356 g/mol. The lowest BCUT2D eigenvalue weighted by molar-refractivity contribution is 0.848. The molecule has 4 aromatic rings. The number of fused-ring (bicyclic) bond motifs is 1. The van der Waals surface area contributed by atoms with Gasteiger partial charge >= 0.3 is 0 Å². The quantitative estimate of drug-likeness (QED) is 0.490. The second-order valence-corrected chi connectivity index (χ2v) is 6.69. The molecule has 0 radical (unpaired) electrons. The Morgan fingerprint density at radius 1 is 0.926 bits per heavy atom. The van der Waals surface area contributed by atoms with Gasteiger partial charge in [0, 0.05) is 30.5 Å². The molecule has 0 atom stereocenters. The van der Waals surface area contributed by atoms with Gasteiger partial charge in [0.1, 0.15) is 12.1 Å². The standard InChI is InChI=1S/C23H24N4/c1-4-26(5-2)22-21-20(18-11-7-6-8-12-18)15-27(23(21)25-16-24-22)19-13-9-10-17(3)14-19/h6-16H,4-5H2,1-3H3. The fraction of sp³-hybridized carbons (Fsp3) is 0.217. The van der Waals surface area contributed by atoms with Crippen LogP contribution in [-0.2, 0) is 0 Å². The minimum atomic E-state index is 0.909. The Kier molecular flexibility index (Phi) is 4.63. The number of rotatable bonds is 5. The third-order valence-corrected chi connectivity index (χ3v) is 4.99. The highest BCUT2D eigenvalue weighted by molar-refractivity contribution is 6.02. The van der Waals surface area contributed by atoms with Gasteiger partial charge in [-0.3, -0.25) is 0 Å². The lowest BCUT2D eigenvalue weighted by Crippen LogP contribution is -2.23. The molecule has 0 saturated heterocycles. The Labute approximate surface area is 160 Å². The Bertz CT molecular complexity index is 1060. The predicted molar refractivity (Wildman–Crippen MR) is 113 cm³/mol. The van der Waals surface area contributed by atoms with Gasteiger partial charge in [-0.25, -0.2) is 9.97 Å². The molecule has 0 aliphatic carbocycles. The first kappa shape index (κ1) is 17.3. The smallest absolute Gasteiger partial charge is 0.150 e. The largest absolute Gasteiger partial charge is 0.356 e. The van der Waals surface area contributed by atoms with Crippen molar-refractivity contribution in [1.29, 1.82) is 0 Å². The number of anilines is 1. The summed E-state index contributed by atoms with van der Waals surface area (Å²) in [4.78, 5) is 11.6. The van der Waals surface area contributed by atoms with Crippen molar-refractivity contribution in [2.75, 3.05) is 18.0 Å². The number of aromatic nitrogens is 3. The molecule has 0 bridgehead atoms. The highest BCUT2D eigenvalue weighted by atomic mass is 15.2. The fourth-order valence-corrected chi connectivity index (χ4v) is 3.62. The first-order valence-corrected chi connectivity index (χ1v) is 9.46. The zero-order valence-corrected chi connectivity index (χ0v) is 16.1. The molecule has 0 aliphatic heterocycles. The molecular formula is C23H24N4. The van der Waals surface area contributed by atoms with Crippen molar-refractivity contribution in [3.05, 3.63) is 72.7 Å². The summed E-state index contributed by atoms with van der Waals surface area (Å²) >= 11 is 0. The van der Waals surface area contributed by atoms with Gasteiger partial charge in [-0.2, -0.15) is 0 Å². The van der Waals surface area contributed by atoms with Crippen LogP contribution in [-0.4, -0.2) is 27.6 Å². The van der Waals surface area contributed by atoms with E-state index >= 15 is 0 Å². The van der Waals surface area contributed by atoms with Gasteiger partial charge in [-0.15, -0.1) is 0 Å². The van der Waals surface area contributed by atoms with Crippen LogP contribution in [0.25, 0.3) is 27.8 Å². The predicted octanol–water partition coefficient (Wildman–Crippen LogP) is 5.24. The van der Waals surface area contributed by atoms with Crippen molar-refractivity contribution < 1.29 is 0 Å². The lowest BCUT2D eigenvalue weighted by atomic mass is 10.1. The van der Waals surface area contributed by atoms with E-state index in [0.717, 1.165) is 41.2 Å². The second kappa shape index (κ2) is 7.23. The van der Waals surface area contributed by atoms with Gasteiger partial charge in [-0.05, 0) is 44.0 Å². The molecule has 4 nitrogen and oxygen atoms in total. The van der Waals surface area contributed by atoms with E-state index in [1.807, 2.05) is 6.07 Å². The van der Waals surface area contributed by atoms with E-state index in [1.165, 1.54) is 11.1 Å². The number of aryl methyl sites for hydroxylation is 1. The lowest BCUT2D eigenvalue weighted by Gasteiger charge is -2.21. The first-order chi connectivity index (χ1) is 13.2. The zero-order valence-electron chi connectivity index (χ0n) is 16.1. The van der Waals surface area contributed by atoms with Crippen LogP contribution in [0.1, 0.15) is 19.4 Å². The van der Waals surface area contributed by atoms with E-state index in [1.54, 1.807) is 6.33 Å². The van der Waals surface area contributed by atoms with Gasteiger partial charge in [0.15, 0.2) is 5.65 Å². The van der Waals surface area contributed by atoms with Crippen LogP contribution < -0.4 is 4.90 Å². The molecule has 2 heterocycles. The third-order valence-electron chi connectivity index (χ3n) is 4.99. The summed E-state index contributed by atoms with van der Waals surface area (Å²) < 4.78 is 2.18. The maximum atomic E-state index is 4.67. The summed E-state index contributed by atoms with van der Waals surface area (Å²) in [7, 11) is 0. The molecule has 27 heavy (non-hydrogen) atoms. The summed E-state index contributed by atoms with van der Waals surface area (Å²) in [6, 6.07) is 19.0. The van der Waals surface area contributed by atoms with Crippen LogP contribution >= 0.6 is 0 Å². The minimum Gasteiger partial charge on any atom is -0.356 e. The summed E-state index contributed by atoms with van der Waals surface area (Å²) in [6.45, 7) is 8.26. The highest BCUT2D eigenvalue weighted by Gasteiger charge is 2.19. The molecule has 0 spiro atoms. The van der Waals surface area contributed by atoms with Crippen LogP contribution in [0.5, 0.6) is 0 Å². The average Bonchev–Trinajstić information content (AvgIpc) is 3.10. The second-order valence-electron chi connectivity index (χ2n) is 6.69. The molecule has 0 aliphatic rings. The number of hydrogen-bond donors (Lipinski definition) is 0. The van der Waals surface area contributed by atoms with Crippen molar-refractivity contribution in [3.63, 3.8) is 0 Å². The van der Waals surface area contributed by atoms with Crippen molar-refractivity contribution in [3.8, 4) is 16.8 Å². The van der Waals surface area contributed by atoms with Gasteiger partial charge in [0.05, 0.1) is 5.39 Å². The van der Waals surface area contributed by atoms with E-state index in [2.05, 4.69) is 94.9 Å². The Morgan fingerprint density at radius 3 is 2.41 bits per heavy atom. The molecule has 4 heteroatoms. The Morgan fingerprint density at radius 2 is 1.70 bits per heavy atom. The Hall–Kier alpha value is -3.14. The molecule has 4 rings (SSSR count). The topological polar surface area (TPSA) is 34.0 Å². The Balaban J connectivity index is 2.06. The van der Waals surface area contributed by atoms with E-state index in [9.17, 15) is 0 Å². The van der Waals surface area contributed by atoms with Crippen LogP contribution in [0.15, 0.2) is 67.1 Å². The SMILES string of the molecule is CCN(CC)c1ncnc2c1c(-c1ccccc1)cn2-c1cccc(C)c1. The minimum absolute atomic E-state index is 0.909. The van der Waals surface area contributed by atoms with E-state index in [-0.39, 0.29) is 0 Å². The fourth-order valence-electron chi connectivity index (χ4n) is 3.62. The van der Waals surface area contributed by atoms with Crippen LogP contribution in [0.4, 0.5) is 5.82 Å². The molecule has 0 saturated carbocycles. The number of benzene rings is 2. The number of hydrogen-bond acceptors (Lipinski definition) is 3. The van der Waals surface area contributed by atoms with Crippen LogP contribution in [0.2, 0.25) is 0 Å². The number of nitrogens with zero attached hydrogens (tertiary/aromatic N) is 4. The van der Waals surface area contributed by atoms with Gasteiger partial charge in [-0.1, -0.05) is 42.5 Å². The molecule has 0 fully saturated rings. The normalized spacial score (nSPS) is 11.1. The first-order valence-electron chi connectivity index (χ1n) is 9.46. The van der Waals surface area contributed by atoms with E-state index in [0.29, 0.717) is 0 Å². The van der Waals surface area contributed by atoms with Crippen LogP contribution in [0.3, 0.4) is 0 Å². The van der Waals surface area contributed by atoms with Crippen molar-refractivity contribution in [2.24, 2.45) is 0 Å². The molecule has 0 N–H and O–H groups in total. The van der Waals surface area contributed by atoms with Crippen molar-refractivity contribution >= 4 is 16.9 Å². The molecular weight excluding hydrogens is 332 g/mol. The maximum absolute atomic E-state index is 4.67. The summed E-state index contributed by atoms with van der Waals surface area (Å²) in [6.07, 6.45) is 3.87. The third kappa shape index (κ3) is 3.08. The molecule has 0 amide bonds. The molecule has 2 aromatic carbocycles. The van der Waals surface area contributed by atoms with Gasteiger partial charge < -0.3 is 9.47 Å². The van der Waals surface area contributed by atoms with Crippen LogP contribution in [0, 0.1) is 6.92 Å². The summed E-state index contributed by atoms with van der Waals surface area (Å²) in [5, 5.41) is 1.11. The summed E-state index contributed by atoms with van der Waals surface area (Å²) in [5.41, 5.74) is 5.63. The maximum Gasteiger partial charge on any atom is 0.150 e. The van der Waals surface area contributed by atoms with Crippen molar-refractivity contribution in [1.82, 2.24) is 14.5 Å². The summed E-state index contributed by atoms with van der Waals surface area (Å²) in [5.74, 6) is 0.996. The molecule has 136 valence electrons.